The number of hydrogen-bond donors (Lipinski definition) is 0. The summed E-state index contributed by atoms with van der Waals surface area (Å²) >= 11 is 0. The molecule has 0 spiro atoms. The van der Waals surface area contributed by atoms with Gasteiger partial charge in [0.1, 0.15) is 11.5 Å². The minimum Gasteiger partial charge on any atom is -0.497 e. The molecule has 1 aliphatic carbocycles. The summed E-state index contributed by atoms with van der Waals surface area (Å²) in [5, 5.41) is 0. The van der Waals surface area contributed by atoms with E-state index in [4.69, 9.17) is 4.74 Å². The van der Waals surface area contributed by atoms with Crippen molar-refractivity contribution in [3.63, 3.8) is 0 Å². The normalized spacial score (nSPS) is 19.6. The van der Waals surface area contributed by atoms with Crippen molar-refractivity contribution in [2.45, 2.75) is 32.1 Å². The Bertz CT molecular complexity index is 451. The summed E-state index contributed by atoms with van der Waals surface area (Å²) in [5.74, 6) is 0.889. The summed E-state index contributed by atoms with van der Waals surface area (Å²) < 4.78 is 5.10. The van der Waals surface area contributed by atoms with E-state index in [1.165, 1.54) is 0 Å². The Morgan fingerprint density at radius 1 is 1.39 bits per heavy atom. The standard InChI is InChI=1S/C15H18O3/c1-18-13-7-4-6-11(9-13)15(17)10-12-5-2-3-8-14(12)16/h4,6-7,9,12H,2-3,5,8,10H2,1H3/t12-/m0/s1. The maximum Gasteiger partial charge on any atom is 0.163 e. The molecule has 1 fully saturated rings. The third kappa shape index (κ3) is 2.97. The second-order valence-corrected chi connectivity index (χ2v) is 4.77. The molecule has 1 aromatic rings. The minimum atomic E-state index is -0.0718. The lowest BCUT2D eigenvalue weighted by Gasteiger charge is -2.19. The molecule has 18 heavy (non-hydrogen) atoms. The minimum absolute atomic E-state index is 0.0363. The van der Waals surface area contributed by atoms with Crippen LogP contribution in [0.3, 0.4) is 0 Å². The van der Waals surface area contributed by atoms with Crippen LogP contribution >= 0.6 is 0 Å². The number of carbonyl (C=O) groups is 2. The van der Waals surface area contributed by atoms with Gasteiger partial charge in [0.25, 0.3) is 0 Å². The van der Waals surface area contributed by atoms with Gasteiger partial charge in [0.2, 0.25) is 0 Å². The highest BCUT2D eigenvalue weighted by Crippen LogP contribution is 2.25. The van der Waals surface area contributed by atoms with Gasteiger partial charge >= 0.3 is 0 Å². The van der Waals surface area contributed by atoms with Gasteiger partial charge in [-0.2, -0.15) is 0 Å². The van der Waals surface area contributed by atoms with Crippen LogP contribution in [-0.2, 0) is 4.79 Å². The molecule has 96 valence electrons. The predicted molar refractivity (Wildman–Crippen MR) is 68.9 cm³/mol. The van der Waals surface area contributed by atoms with Gasteiger partial charge in [-0.3, -0.25) is 9.59 Å². The molecule has 0 aliphatic heterocycles. The monoisotopic (exact) mass is 246 g/mol. The number of hydrogen-bond acceptors (Lipinski definition) is 3. The first-order valence-electron chi connectivity index (χ1n) is 6.40. The molecule has 1 aromatic carbocycles. The molecule has 1 saturated carbocycles. The van der Waals surface area contributed by atoms with E-state index in [9.17, 15) is 9.59 Å². The zero-order valence-electron chi connectivity index (χ0n) is 10.6. The van der Waals surface area contributed by atoms with Crippen LogP contribution in [-0.4, -0.2) is 18.7 Å². The van der Waals surface area contributed by atoms with E-state index in [-0.39, 0.29) is 17.5 Å². The number of rotatable bonds is 4. The van der Waals surface area contributed by atoms with Crippen molar-refractivity contribution in [1.29, 1.82) is 0 Å². The number of carbonyl (C=O) groups excluding carboxylic acids is 2. The van der Waals surface area contributed by atoms with Crippen LogP contribution in [0.4, 0.5) is 0 Å². The van der Waals surface area contributed by atoms with Gasteiger partial charge in [-0.05, 0) is 25.0 Å². The summed E-state index contributed by atoms with van der Waals surface area (Å²) in [7, 11) is 1.58. The maximum absolute atomic E-state index is 12.1. The van der Waals surface area contributed by atoms with Crippen molar-refractivity contribution in [2.75, 3.05) is 7.11 Å². The van der Waals surface area contributed by atoms with Gasteiger partial charge in [0, 0.05) is 24.3 Å². The molecule has 0 bridgehead atoms. The number of ether oxygens (including phenoxy) is 1. The highest BCUT2D eigenvalue weighted by Gasteiger charge is 2.25. The Balaban J connectivity index is 2.04. The lowest BCUT2D eigenvalue weighted by atomic mass is 9.83. The van der Waals surface area contributed by atoms with Crippen LogP contribution < -0.4 is 4.74 Å². The maximum atomic E-state index is 12.1. The fourth-order valence-electron chi connectivity index (χ4n) is 2.41. The largest absolute Gasteiger partial charge is 0.497 e. The molecule has 0 aromatic heterocycles. The van der Waals surface area contributed by atoms with Gasteiger partial charge in [0.15, 0.2) is 5.78 Å². The van der Waals surface area contributed by atoms with Crippen LogP contribution in [0.2, 0.25) is 0 Å². The first-order chi connectivity index (χ1) is 8.70. The number of Topliss-reactive ketones (excluding diaryl/α,β-unsaturated/α-hetero) is 2. The fraction of sp³-hybridized carbons (Fsp3) is 0.467. The fourth-order valence-corrected chi connectivity index (χ4v) is 2.41. The Kier molecular flexibility index (Phi) is 4.13. The van der Waals surface area contributed by atoms with Gasteiger partial charge in [-0.25, -0.2) is 0 Å². The van der Waals surface area contributed by atoms with Crippen molar-refractivity contribution in [3.8, 4) is 5.75 Å². The molecule has 0 heterocycles. The van der Waals surface area contributed by atoms with Crippen molar-refractivity contribution in [3.05, 3.63) is 29.8 Å². The Labute approximate surface area is 107 Å². The van der Waals surface area contributed by atoms with E-state index in [0.29, 0.717) is 24.2 Å². The third-order valence-corrected chi connectivity index (χ3v) is 3.50. The Hall–Kier alpha value is -1.64. The molecule has 0 N–H and O–H groups in total. The second kappa shape index (κ2) is 5.80. The number of methoxy groups -OCH3 is 1. The zero-order valence-corrected chi connectivity index (χ0v) is 10.6. The van der Waals surface area contributed by atoms with Gasteiger partial charge in [0.05, 0.1) is 7.11 Å². The molecule has 0 saturated heterocycles. The van der Waals surface area contributed by atoms with E-state index in [2.05, 4.69) is 0 Å². The van der Waals surface area contributed by atoms with Crippen molar-refractivity contribution in [1.82, 2.24) is 0 Å². The van der Waals surface area contributed by atoms with Crippen LogP contribution in [0.25, 0.3) is 0 Å². The summed E-state index contributed by atoms with van der Waals surface area (Å²) in [5.41, 5.74) is 0.632. The van der Waals surface area contributed by atoms with E-state index < -0.39 is 0 Å². The molecule has 0 amide bonds. The average molecular weight is 246 g/mol. The molecule has 0 radical (unpaired) electrons. The molecule has 3 heteroatoms. The number of ketones is 2. The Morgan fingerprint density at radius 3 is 2.94 bits per heavy atom. The van der Waals surface area contributed by atoms with E-state index in [0.717, 1.165) is 19.3 Å². The Morgan fingerprint density at radius 2 is 2.22 bits per heavy atom. The van der Waals surface area contributed by atoms with Gasteiger partial charge in [-0.1, -0.05) is 18.6 Å². The summed E-state index contributed by atoms with van der Waals surface area (Å²) in [6.07, 6.45) is 3.86. The zero-order chi connectivity index (χ0) is 13.0. The molecular formula is C15H18O3. The highest BCUT2D eigenvalue weighted by molar-refractivity contribution is 5.99. The molecule has 0 unspecified atom stereocenters. The van der Waals surface area contributed by atoms with E-state index >= 15 is 0 Å². The SMILES string of the molecule is COc1cccc(C(=O)C[C@@H]2CCCCC2=O)c1. The topological polar surface area (TPSA) is 43.4 Å². The smallest absolute Gasteiger partial charge is 0.163 e. The number of benzene rings is 1. The van der Waals surface area contributed by atoms with Crippen LogP contribution in [0.1, 0.15) is 42.5 Å². The average Bonchev–Trinajstić information content (AvgIpc) is 2.41. The summed E-state index contributed by atoms with van der Waals surface area (Å²) in [4.78, 5) is 23.8. The highest BCUT2D eigenvalue weighted by atomic mass is 16.5. The van der Waals surface area contributed by atoms with Crippen molar-refractivity contribution in [2.24, 2.45) is 5.92 Å². The first-order valence-corrected chi connectivity index (χ1v) is 6.40. The summed E-state index contributed by atoms with van der Waals surface area (Å²) in [6, 6.07) is 7.12. The molecule has 2 rings (SSSR count). The quantitative estimate of drug-likeness (QED) is 0.767. The van der Waals surface area contributed by atoms with Crippen molar-refractivity contribution >= 4 is 11.6 Å². The summed E-state index contributed by atoms with van der Waals surface area (Å²) in [6.45, 7) is 0. The first kappa shape index (κ1) is 12.8. The van der Waals surface area contributed by atoms with Crippen LogP contribution in [0, 0.1) is 5.92 Å². The second-order valence-electron chi connectivity index (χ2n) is 4.77. The van der Waals surface area contributed by atoms with Crippen LogP contribution in [0.15, 0.2) is 24.3 Å². The van der Waals surface area contributed by atoms with E-state index in [1.54, 1.807) is 25.3 Å². The lowest BCUT2D eigenvalue weighted by molar-refractivity contribution is -0.124. The third-order valence-electron chi connectivity index (χ3n) is 3.50. The van der Waals surface area contributed by atoms with Crippen LogP contribution in [0.5, 0.6) is 5.75 Å². The van der Waals surface area contributed by atoms with Gasteiger partial charge in [-0.15, -0.1) is 0 Å². The van der Waals surface area contributed by atoms with Gasteiger partial charge < -0.3 is 4.74 Å². The predicted octanol–water partition coefficient (Wildman–Crippen LogP) is 3.03. The molecular weight excluding hydrogens is 228 g/mol. The molecule has 1 aliphatic rings. The van der Waals surface area contributed by atoms with E-state index in [1.807, 2.05) is 6.07 Å². The lowest BCUT2D eigenvalue weighted by Crippen LogP contribution is -2.22. The molecule has 3 nitrogen and oxygen atoms in total. The molecule has 1 atom stereocenters. The van der Waals surface area contributed by atoms with Crippen molar-refractivity contribution < 1.29 is 14.3 Å².